The maximum atomic E-state index is 12.7. The lowest BCUT2D eigenvalue weighted by molar-refractivity contribution is -0.120. The van der Waals surface area contributed by atoms with Crippen molar-refractivity contribution in [2.24, 2.45) is 17.8 Å². The van der Waals surface area contributed by atoms with Gasteiger partial charge in [0.1, 0.15) is 11.6 Å². The van der Waals surface area contributed by atoms with E-state index in [1.54, 1.807) is 11.1 Å². The average Bonchev–Trinajstić information content (AvgIpc) is 3.18. The number of hydrogen-bond acceptors (Lipinski definition) is 6. The molecule has 3 aliphatic rings. The number of fused-ring (bicyclic) bond motifs is 2. The molecule has 1 amide bonds. The van der Waals surface area contributed by atoms with Gasteiger partial charge in [-0.15, -0.1) is 0 Å². The summed E-state index contributed by atoms with van der Waals surface area (Å²) >= 11 is 1.36. The van der Waals surface area contributed by atoms with E-state index < -0.39 is 0 Å². The Bertz CT molecular complexity index is 931. The Morgan fingerprint density at radius 1 is 1.32 bits per heavy atom. The molecule has 2 aromatic rings. The second-order valence-electron chi connectivity index (χ2n) is 8.06. The van der Waals surface area contributed by atoms with Gasteiger partial charge in [-0.3, -0.25) is 4.79 Å². The summed E-state index contributed by atoms with van der Waals surface area (Å²) in [4.78, 5) is 28.6. The van der Waals surface area contributed by atoms with E-state index in [0.29, 0.717) is 18.4 Å². The van der Waals surface area contributed by atoms with E-state index in [4.69, 9.17) is 4.74 Å². The summed E-state index contributed by atoms with van der Waals surface area (Å²) in [5, 5.41) is 0.918. The monoisotopic (exact) mass is 397 g/mol. The molecule has 2 atom stereocenters. The van der Waals surface area contributed by atoms with Crippen LogP contribution in [0.25, 0.3) is 0 Å². The first-order valence-corrected chi connectivity index (χ1v) is 10.5. The van der Waals surface area contributed by atoms with E-state index >= 15 is 0 Å². The summed E-state index contributed by atoms with van der Waals surface area (Å²) in [6.45, 7) is 5.49. The largest absolute Gasteiger partial charge is 0.457 e. The SMILES string of the molecule is Cc1c(CCN2CC3C(C2)C3C(=O)N(C)c2ccns2)ccc2c1COC2=O. The third-order valence-electron chi connectivity index (χ3n) is 6.62. The maximum Gasteiger partial charge on any atom is 0.338 e. The van der Waals surface area contributed by atoms with E-state index in [2.05, 4.69) is 22.3 Å². The number of amides is 1. The van der Waals surface area contributed by atoms with Crippen molar-refractivity contribution in [2.45, 2.75) is 20.0 Å². The number of likely N-dealkylation sites (tertiary alicyclic amines) is 1. The fraction of sp³-hybridized carbons (Fsp3) is 0.476. The summed E-state index contributed by atoms with van der Waals surface area (Å²) < 4.78 is 9.24. The van der Waals surface area contributed by atoms with Gasteiger partial charge in [0.2, 0.25) is 5.91 Å². The first kappa shape index (κ1) is 17.8. The first-order valence-electron chi connectivity index (χ1n) is 9.73. The van der Waals surface area contributed by atoms with Crippen LogP contribution in [0.5, 0.6) is 0 Å². The van der Waals surface area contributed by atoms with Crippen molar-refractivity contribution in [3.8, 4) is 0 Å². The third-order valence-corrected chi connectivity index (χ3v) is 7.44. The molecule has 28 heavy (non-hydrogen) atoms. The molecule has 1 aromatic carbocycles. The highest BCUT2D eigenvalue weighted by Crippen LogP contribution is 2.52. The van der Waals surface area contributed by atoms with Gasteiger partial charge in [-0.25, -0.2) is 4.79 Å². The van der Waals surface area contributed by atoms with E-state index in [1.807, 2.05) is 19.2 Å². The van der Waals surface area contributed by atoms with Crippen molar-refractivity contribution < 1.29 is 14.3 Å². The second kappa shape index (κ2) is 6.67. The van der Waals surface area contributed by atoms with E-state index in [1.165, 1.54) is 22.7 Å². The van der Waals surface area contributed by atoms with Crippen molar-refractivity contribution in [1.29, 1.82) is 0 Å². The quantitative estimate of drug-likeness (QED) is 0.726. The number of carbonyl (C=O) groups excluding carboxylic acids is 2. The van der Waals surface area contributed by atoms with Gasteiger partial charge >= 0.3 is 5.97 Å². The van der Waals surface area contributed by atoms with Gasteiger partial charge in [0.05, 0.1) is 5.56 Å². The molecule has 1 aromatic heterocycles. The number of rotatable bonds is 5. The normalized spacial score (nSPS) is 25.4. The Morgan fingerprint density at radius 3 is 2.82 bits per heavy atom. The molecule has 0 radical (unpaired) electrons. The molecular formula is C21H23N3O3S. The van der Waals surface area contributed by atoms with E-state index in [0.717, 1.165) is 42.2 Å². The average molecular weight is 398 g/mol. The summed E-state index contributed by atoms with van der Waals surface area (Å²) in [6, 6.07) is 5.86. The zero-order valence-electron chi connectivity index (χ0n) is 16.1. The number of carbonyl (C=O) groups is 2. The molecule has 2 unspecified atom stereocenters. The molecule has 1 aliphatic carbocycles. The smallest absolute Gasteiger partial charge is 0.338 e. The number of benzene rings is 1. The first-order chi connectivity index (χ1) is 13.5. The molecule has 6 nitrogen and oxygen atoms in total. The molecule has 2 aliphatic heterocycles. The minimum absolute atomic E-state index is 0.174. The van der Waals surface area contributed by atoms with E-state index in [-0.39, 0.29) is 17.8 Å². The molecule has 2 fully saturated rings. The molecule has 146 valence electrons. The van der Waals surface area contributed by atoms with Gasteiger partial charge < -0.3 is 14.5 Å². The number of piperidine rings is 1. The van der Waals surface area contributed by atoms with Crippen molar-refractivity contribution in [3.63, 3.8) is 0 Å². The number of nitrogens with zero attached hydrogens (tertiary/aromatic N) is 3. The molecule has 5 rings (SSSR count). The highest BCUT2D eigenvalue weighted by molar-refractivity contribution is 7.10. The minimum Gasteiger partial charge on any atom is -0.457 e. The van der Waals surface area contributed by atoms with Crippen molar-refractivity contribution in [1.82, 2.24) is 9.27 Å². The van der Waals surface area contributed by atoms with Gasteiger partial charge in [0.25, 0.3) is 0 Å². The molecule has 0 N–H and O–H groups in total. The number of esters is 1. The fourth-order valence-electron chi connectivity index (χ4n) is 4.82. The predicted octanol–water partition coefficient (Wildman–Crippen LogP) is 2.51. The Hall–Kier alpha value is -2.25. The van der Waals surface area contributed by atoms with E-state index in [9.17, 15) is 9.59 Å². The molecule has 1 saturated carbocycles. The lowest BCUT2D eigenvalue weighted by atomic mass is 9.96. The van der Waals surface area contributed by atoms with Gasteiger partial charge in [0, 0.05) is 44.4 Å². The van der Waals surface area contributed by atoms with Crippen LogP contribution in [0.1, 0.15) is 27.0 Å². The second-order valence-corrected chi connectivity index (χ2v) is 8.87. The van der Waals surface area contributed by atoms with Gasteiger partial charge in [-0.1, -0.05) is 6.07 Å². The summed E-state index contributed by atoms with van der Waals surface area (Å²) in [5.41, 5.74) is 4.24. The molecular weight excluding hydrogens is 374 g/mol. The molecule has 7 heteroatoms. The van der Waals surface area contributed by atoms with Crippen LogP contribution in [0.3, 0.4) is 0 Å². The standard InChI is InChI=1S/C21H23N3O3S/c1-12-13(3-4-14-17(12)11-27-21(14)26)6-8-24-9-15-16(10-24)19(15)20(25)23(2)18-5-7-22-28-18/h3-5,7,15-16,19H,6,8-11H2,1-2H3. The molecule has 0 spiro atoms. The van der Waals surface area contributed by atoms with Gasteiger partial charge in [0.15, 0.2) is 0 Å². The number of ether oxygens (including phenoxy) is 1. The van der Waals surface area contributed by atoms with Gasteiger partial charge in [-0.2, -0.15) is 4.37 Å². The van der Waals surface area contributed by atoms with Crippen LogP contribution >= 0.6 is 11.5 Å². The molecule has 3 heterocycles. The lowest BCUT2D eigenvalue weighted by Gasteiger charge is -2.22. The van der Waals surface area contributed by atoms with Crippen LogP contribution in [0.15, 0.2) is 24.4 Å². The van der Waals surface area contributed by atoms with Crippen molar-refractivity contribution >= 4 is 28.4 Å². The highest BCUT2D eigenvalue weighted by Gasteiger charge is 2.59. The van der Waals surface area contributed by atoms with Crippen LogP contribution in [-0.2, 0) is 22.6 Å². The number of hydrogen-bond donors (Lipinski definition) is 0. The Kier molecular flexibility index (Phi) is 4.25. The number of anilines is 1. The third kappa shape index (κ3) is 2.84. The van der Waals surface area contributed by atoms with Crippen molar-refractivity contribution in [3.05, 3.63) is 46.6 Å². The van der Waals surface area contributed by atoms with Crippen LogP contribution in [0.4, 0.5) is 5.00 Å². The Balaban J connectivity index is 1.16. The summed E-state index contributed by atoms with van der Waals surface area (Å²) in [5.74, 6) is 1.19. The number of aromatic nitrogens is 1. The minimum atomic E-state index is -0.205. The maximum absolute atomic E-state index is 12.7. The lowest BCUT2D eigenvalue weighted by Crippen LogP contribution is -2.33. The summed E-state index contributed by atoms with van der Waals surface area (Å²) in [7, 11) is 1.85. The van der Waals surface area contributed by atoms with Crippen LogP contribution < -0.4 is 4.90 Å². The van der Waals surface area contributed by atoms with Crippen molar-refractivity contribution in [2.75, 3.05) is 31.6 Å². The fourth-order valence-corrected chi connectivity index (χ4v) is 5.39. The van der Waals surface area contributed by atoms with Crippen LogP contribution in [0, 0.1) is 24.7 Å². The highest BCUT2D eigenvalue weighted by atomic mass is 32.1. The summed E-state index contributed by atoms with van der Waals surface area (Å²) in [6.07, 6.45) is 2.70. The molecule has 0 bridgehead atoms. The Labute approximate surface area is 168 Å². The topological polar surface area (TPSA) is 62.7 Å². The predicted molar refractivity (Wildman–Crippen MR) is 106 cm³/mol. The zero-order chi connectivity index (χ0) is 19.4. The van der Waals surface area contributed by atoms with Crippen LogP contribution in [0.2, 0.25) is 0 Å². The Morgan fingerprint density at radius 2 is 2.11 bits per heavy atom. The zero-order valence-corrected chi connectivity index (χ0v) is 16.9. The molecule has 1 saturated heterocycles. The van der Waals surface area contributed by atoms with Gasteiger partial charge in [-0.05, 0) is 60.0 Å². The van der Waals surface area contributed by atoms with Crippen LogP contribution in [-0.4, -0.2) is 47.8 Å². The number of cyclic esters (lactones) is 1.